The molecule has 8 heteroatoms. The standard InChI is InChI=1S/C21H32N4O4/c1-13(2)16-17(22-11-15(23-16)18(26)28-7)24-8-9-25(19(27)29-20(4,5)6)21(12-24)10-14(21)3/h11,13-14H,8-10,12H2,1-7H3/t14-,21?/m1/s1. The highest BCUT2D eigenvalue weighted by Crippen LogP contribution is 2.51. The minimum atomic E-state index is -0.520. The highest BCUT2D eigenvalue weighted by Gasteiger charge is 2.60. The minimum absolute atomic E-state index is 0.0959. The normalized spacial score (nSPS) is 24.1. The number of ether oxygens (including phenoxy) is 2. The van der Waals surface area contributed by atoms with Crippen molar-refractivity contribution in [2.75, 3.05) is 31.6 Å². The van der Waals surface area contributed by atoms with Gasteiger partial charge in [0.15, 0.2) is 11.5 Å². The highest BCUT2D eigenvalue weighted by atomic mass is 16.6. The SMILES string of the molecule is COC(=O)c1cnc(N2CCN(C(=O)OC(C)(C)C)C3(C[C@H]3C)C2)c(C(C)C)n1. The van der Waals surface area contributed by atoms with Crippen LogP contribution in [0.5, 0.6) is 0 Å². The summed E-state index contributed by atoms with van der Waals surface area (Å²) >= 11 is 0. The van der Waals surface area contributed by atoms with E-state index in [2.05, 4.69) is 21.8 Å². The van der Waals surface area contributed by atoms with Crippen molar-refractivity contribution in [1.82, 2.24) is 14.9 Å². The van der Waals surface area contributed by atoms with Gasteiger partial charge in [0.05, 0.1) is 24.5 Å². The molecule has 1 spiro atoms. The van der Waals surface area contributed by atoms with Crippen LogP contribution in [0.15, 0.2) is 6.20 Å². The van der Waals surface area contributed by atoms with Gasteiger partial charge < -0.3 is 14.4 Å². The lowest BCUT2D eigenvalue weighted by molar-refractivity contribution is 0.00863. The smallest absolute Gasteiger partial charge is 0.410 e. The topological polar surface area (TPSA) is 84.9 Å². The van der Waals surface area contributed by atoms with Crippen molar-refractivity contribution < 1.29 is 19.1 Å². The van der Waals surface area contributed by atoms with Crippen LogP contribution < -0.4 is 4.90 Å². The third-order valence-corrected chi connectivity index (χ3v) is 5.65. The molecular formula is C21H32N4O4. The molecule has 2 heterocycles. The number of carbonyl (C=O) groups excluding carboxylic acids is 2. The molecule has 29 heavy (non-hydrogen) atoms. The van der Waals surface area contributed by atoms with Gasteiger partial charge in [-0.3, -0.25) is 4.90 Å². The van der Waals surface area contributed by atoms with Gasteiger partial charge in [-0.2, -0.15) is 0 Å². The molecular weight excluding hydrogens is 372 g/mol. The molecule has 2 aliphatic rings. The first-order valence-corrected chi connectivity index (χ1v) is 10.2. The quantitative estimate of drug-likeness (QED) is 0.715. The van der Waals surface area contributed by atoms with Gasteiger partial charge in [0.1, 0.15) is 5.60 Å². The fourth-order valence-corrected chi connectivity index (χ4v) is 4.01. The zero-order chi connectivity index (χ0) is 21.6. The second-order valence-corrected chi connectivity index (χ2v) is 9.37. The molecule has 1 aliphatic carbocycles. The van der Waals surface area contributed by atoms with E-state index in [9.17, 15) is 9.59 Å². The lowest BCUT2D eigenvalue weighted by Gasteiger charge is -2.43. The van der Waals surface area contributed by atoms with Crippen LogP contribution in [0.4, 0.5) is 10.6 Å². The minimum Gasteiger partial charge on any atom is -0.464 e. The highest BCUT2D eigenvalue weighted by molar-refractivity contribution is 5.87. The summed E-state index contributed by atoms with van der Waals surface area (Å²) in [5.41, 5.74) is 0.217. The van der Waals surface area contributed by atoms with Crippen molar-refractivity contribution in [1.29, 1.82) is 0 Å². The zero-order valence-corrected chi connectivity index (χ0v) is 18.5. The Morgan fingerprint density at radius 2 is 1.93 bits per heavy atom. The number of methoxy groups -OCH3 is 1. The second-order valence-electron chi connectivity index (χ2n) is 9.37. The van der Waals surface area contributed by atoms with Crippen LogP contribution in [0.3, 0.4) is 0 Å². The van der Waals surface area contributed by atoms with Gasteiger partial charge in [-0.15, -0.1) is 0 Å². The number of carbonyl (C=O) groups is 2. The monoisotopic (exact) mass is 404 g/mol. The van der Waals surface area contributed by atoms with Crippen LogP contribution in [-0.2, 0) is 9.47 Å². The first-order chi connectivity index (χ1) is 13.5. The molecule has 0 aromatic carbocycles. The van der Waals surface area contributed by atoms with Crippen molar-refractivity contribution in [2.45, 2.75) is 65.0 Å². The van der Waals surface area contributed by atoms with Gasteiger partial charge in [-0.05, 0) is 39.0 Å². The van der Waals surface area contributed by atoms with E-state index in [1.807, 2.05) is 39.5 Å². The maximum Gasteiger partial charge on any atom is 0.410 e. The van der Waals surface area contributed by atoms with E-state index in [4.69, 9.17) is 9.47 Å². The maximum absolute atomic E-state index is 12.8. The van der Waals surface area contributed by atoms with Crippen LogP contribution in [0.25, 0.3) is 0 Å². The van der Waals surface area contributed by atoms with Crippen LogP contribution in [0, 0.1) is 5.92 Å². The first kappa shape index (κ1) is 21.3. The number of nitrogens with zero attached hydrogens (tertiary/aromatic N) is 4. The predicted octanol–water partition coefficient (Wildman–Crippen LogP) is 3.22. The molecule has 3 rings (SSSR count). The molecule has 1 saturated heterocycles. The number of amides is 1. The number of anilines is 1. The van der Waals surface area contributed by atoms with E-state index in [0.29, 0.717) is 25.6 Å². The van der Waals surface area contributed by atoms with Crippen LogP contribution >= 0.6 is 0 Å². The van der Waals surface area contributed by atoms with Crippen LogP contribution in [-0.4, -0.2) is 64.8 Å². The molecule has 0 radical (unpaired) electrons. The summed E-state index contributed by atoms with van der Waals surface area (Å²) in [7, 11) is 1.33. The molecule has 1 amide bonds. The fraction of sp³-hybridized carbons (Fsp3) is 0.714. The third-order valence-electron chi connectivity index (χ3n) is 5.65. The number of aromatic nitrogens is 2. The van der Waals surface area contributed by atoms with Gasteiger partial charge >= 0.3 is 12.1 Å². The number of hydrogen-bond acceptors (Lipinski definition) is 7. The Bertz CT molecular complexity index is 804. The molecule has 1 unspecified atom stereocenters. The number of rotatable bonds is 3. The average molecular weight is 405 g/mol. The summed E-state index contributed by atoms with van der Waals surface area (Å²) < 4.78 is 10.4. The molecule has 1 saturated carbocycles. The molecule has 0 bridgehead atoms. The second kappa shape index (κ2) is 7.46. The number of piperazine rings is 1. The molecule has 2 fully saturated rings. The van der Waals surface area contributed by atoms with Gasteiger partial charge in [0.25, 0.3) is 0 Å². The van der Waals surface area contributed by atoms with Crippen LogP contribution in [0.2, 0.25) is 0 Å². The number of esters is 1. The van der Waals surface area contributed by atoms with Crippen molar-refractivity contribution in [3.8, 4) is 0 Å². The summed E-state index contributed by atoms with van der Waals surface area (Å²) in [5, 5.41) is 0. The predicted molar refractivity (Wildman–Crippen MR) is 109 cm³/mol. The molecule has 1 aromatic heterocycles. The Morgan fingerprint density at radius 1 is 1.28 bits per heavy atom. The lowest BCUT2D eigenvalue weighted by atomic mass is 10.1. The first-order valence-electron chi connectivity index (χ1n) is 10.2. The molecule has 1 aromatic rings. The summed E-state index contributed by atoms with van der Waals surface area (Å²) in [6.07, 6.45) is 2.15. The molecule has 160 valence electrons. The van der Waals surface area contributed by atoms with Gasteiger partial charge in [-0.25, -0.2) is 19.6 Å². The van der Waals surface area contributed by atoms with Gasteiger partial charge in [0.2, 0.25) is 0 Å². The Labute approximate surface area is 172 Å². The Kier molecular flexibility index (Phi) is 5.49. The Hall–Kier alpha value is -2.38. The molecule has 2 atom stereocenters. The Balaban J connectivity index is 1.86. The molecule has 8 nitrogen and oxygen atoms in total. The Morgan fingerprint density at radius 3 is 2.45 bits per heavy atom. The summed E-state index contributed by atoms with van der Waals surface area (Å²) in [5.74, 6) is 0.768. The van der Waals surface area contributed by atoms with Crippen molar-refractivity contribution in [3.05, 3.63) is 17.6 Å². The van der Waals surface area contributed by atoms with Gasteiger partial charge in [-0.1, -0.05) is 20.8 Å². The van der Waals surface area contributed by atoms with Crippen LogP contribution in [0.1, 0.15) is 70.1 Å². The van der Waals surface area contributed by atoms with Gasteiger partial charge in [0, 0.05) is 19.6 Å². The molecule has 0 N–H and O–H groups in total. The molecule has 1 aliphatic heterocycles. The average Bonchev–Trinajstić information content (AvgIpc) is 3.27. The zero-order valence-electron chi connectivity index (χ0n) is 18.5. The fourth-order valence-electron chi connectivity index (χ4n) is 4.01. The van der Waals surface area contributed by atoms with E-state index in [1.54, 1.807) is 0 Å². The largest absolute Gasteiger partial charge is 0.464 e. The van der Waals surface area contributed by atoms with E-state index >= 15 is 0 Å². The van der Waals surface area contributed by atoms with E-state index in [1.165, 1.54) is 13.3 Å². The number of hydrogen-bond donors (Lipinski definition) is 0. The third kappa shape index (κ3) is 4.16. The maximum atomic E-state index is 12.8. The summed E-state index contributed by atoms with van der Waals surface area (Å²) in [6, 6.07) is 0. The van der Waals surface area contributed by atoms with E-state index in [-0.39, 0.29) is 23.2 Å². The van der Waals surface area contributed by atoms with Crippen molar-refractivity contribution >= 4 is 17.9 Å². The summed E-state index contributed by atoms with van der Waals surface area (Å²) in [4.78, 5) is 37.8. The lowest BCUT2D eigenvalue weighted by Crippen LogP contribution is -2.59. The van der Waals surface area contributed by atoms with Crippen molar-refractivity contribution in [3.63, 3.8) is 0 Å². The van der Waals surface area contributed by atoms with Crippen molar-refractivity contribution in [2.24, 2.45) is 5.92 Å². The van der Waals surface area contributed by atoms with E-state index in [0.717, 1.165) is 17.9 Å². The van der Waals surface area contributed by atoms with E-state index < -0.39 is 11.6 Å². The summed E-state index contributed by atoms with van der Waals surface area (Å²) in [6.45, 7) is 13.8.